The summed E-state index contributed by atoms with van der Waals surface area (Å²) >= 11 is 0. The van der Waals surface area contributed by atoms with Gasteiger partial charge in [-0.1, -0.05) is 54.1 Å². The molecule has 3 aromatic carbocycles. The second-order valence-electron chi connectivity index (χ2n) is 6.61. The van der Waals surface area contributed by atoms with Crippen LogP contribution in [0.5, 0.6) is 0 Å². The molecule has 122 valence electrons. The molecular formula is C22H23NO. The minimum atomic E-state index is -0.292. The van der Waals surface area contributed by atoms with E-state index in [1.54, 1.807) is 0 Å². The van der Waals surface area contributed by atoms with Crippen molar-refractivity contribution in [2.24, 2.45) is 5.73 Å². The molecule has 0 spiro atoms. The van der Waals surface area contributed by atoms with Crippen LogP contribution in [0, 0.1) is 20.8 Å². The van der Waals surface area contributed by atoms with Gasteiger partial charge >= 0.3 is 0 Å². The van der Waals surface area contributed by atoms with Gasteiger partial charge in [0.2, 0.25) is 5.91 Å². The second-order valence-corrected chi connectivity index (χ2v) is 6.61. The molecule has 0 radical (unpaired) electrons. The van der Waals surface area contributed by atoms with E-state index in [9.17, 15) is 4.79 Å². The highest BCUT2D eigenvalue weighted by atomic mass is 16.1. The van der Waals surface area contributed by atoms with Gasteiger partial charge < -0.3 is 5.73 Å². The highest BCUT2D eigenvalue weighted by molar-refractivity contribution is 5.92. The number of fused-ring (bicyclic) bond motifs is 1. The van der Waals surface area contributed by atoms with Crippen molar-refractivity contribution in [3.63, 3.8) is 0 Å². The first-order valence-corrected chi connectivity index (χ1v) is 8.30. The van der Waals surface area contributed by atoms with Gasteiger partial charge in [-0.3, -0.25) is 4.79 Å². The summed E-state index contributed by atoms with van der Waals surface area (Å²) in [6.45, 7) is 6.40. The van der Waals surface area contributed by atoms with Crippen LogP contribution in [0.3, 0.4) is 0 Å². The summed E-state index contributed by atoms with van der Waals surface area (Å²) in [7, 11) is 0. The first kappa shape index (κ1) is 16.3. The monoisotopic (exact) mass is 317 g/mol. The summed E-state index contributed by atoms with van der Waals surface area (Å²) in [5, 5.41) is 2.34. The van der Waals surface area contributed by atoms with Crippen LogP contribution in [0.25, 0.3) is 10.8 Å². The van der Waals surface area contributed by atoms with E-state index in [1.807, 2.05) is 6.07 Å². The molecular weight excluding hydrogens is 294 g/mol. The molecule has 0 heterocycles. The molecule has 0 aliphatic rings. The lowest BCUT2D eigenvalue weighted by atomic mass is 9.91. The molecule has 24 heavy (non-hydrogen) atoms. The van der Waals surface area contributed by atoms with Crippen LogP contribution in [0.2, 0.25) is 0 Å². The molecule has 3 aromatic rings. The number of primary amides is 1. The number of hydrogen-bond acceptors (Lipinski definition) is 1. The van der Waals surface area contributed by atoms with Gasteiger partial charge in [-0.05, 0) is 65.8 Å². The number of hydrogen-bond donors (Lipinski definition) is 1. The topological polar surface area (TPSA) is 43.1 Å². The zero-order valence-corrected chi connectivity index (χ0v) is 14.5. The molecule has 0 saturated heterocycles. The maximum Gasteiger partial charge on any atom is 0.221 e. The summed E-state index contributed by atoms with van der Waals surface area (Å²) in [4.78, 5) is 11.4. The van der Waals surface area contributed by atoms with Crippen LogP contribution in [-0.2, 0) is 17.6 Å². The van der Waals surface area contributed by atoms with E-state index >= 15 is 0 Å². The Labute approximate surface area is 143 Å². The summed E-state index contributed by atoms with van der Waals surface area (Å²) in [6.07, 6.45) is 1.17. The summed E-state index contributed by atoms with van der Waals surface area (Å²) < 4.78 is 0. The number of carbonyl (C=O) groups is 1. The van der Waals surface area contributed by atoms with Crippen molar-refractivity contribution in [1.29, 1.82) is 0 Å². The van der Waals surface area contributed by atoms with E-state index in [1.165, 1.54) is 33.2 Å². The van der Waals surface area contributed by atoms with Crippen LogP contribution >= 0.6 is 0 Å². The molecule has 0 aromatic heterocycles. The number of nitrogens with two attached hydrogens (primary N) is 1. The van der Waals surface area contributed by atoms with Crippen LogP contribution < -0.4 is 5.73 Å². The van der Waals surface area contributed by atoms with Gasteiger partial charge in [0.1, 0.15) is 0 Å². The van der Waals surface area contributed by atoms with Crippen LogP contribution in [0.4, 0.5) is 0 Å². The first-order chi connectivity index (χ1) is 11.5. The third-order valence-electron chi connectivity index (χ3n) is 4.82. The molecule has 0 aliphatic carbocycles. The predicted molar refractivity (Wildman–Crippen MR) is 100 cm³/mol. The average molecular weight is 317 g/mol. The first-order valence-electron chi connectivity index (χ1n) is 8.30. The zero-order valence-electron chi connectivity index (χ0n) is 14.5. The van der Waals surface area contributed by atoms with Gasteiger partial charge in [-0.25, -0.2) is 0 Å². The average Bonchev–Trinajstić information content (AvgIpc) is 2.53. The number of aryl methyl sites for hydroxylation is 2. The predicted octanol–water partition coefficient (Wildman–Crippen LogP) is 4.38. The van der Waals surface area contributed by atoms with Crippen molar-refractivity contribution in [1.82, 2.24) is 0 Å². The lowest BCUT2D eigenvalue weighted by Crippen LogP contribution is -2.14. The molecule has 2 heteroatoms. The lowest BCUT2D eigenvalue weighted by molar-refractivity contribution is -0.117. The molecule has 0 atom stereocenters. The standard InChI is InChI=1S/C22H23NO/c1-14-7-10-20-18(12-17-6-4-5-15(2)16(17)3)8-9-19(13-22(23)24)21(20)11-14/h4-11H,12-13H2,1-3H3,(H2,23,24). The molecule has 0 bridgehead atoms. The Kier molecular flexibility index (Phi) is 4.39. The maximum absolute atomic E-state index is 11.4. The van der Waals surface area contributed by atoms with Gasteiger partial charge in [0.15, 0.2) is 0 Å². The minimum Gasteiger partial charge on any atom is -0.369 e. The molecule has 0 fully saturated rings. The normalized spacial score (nSPS) is 11.0. The molecule has 0 unspecified atom stereocenters. The zero-order chi connectivity index (χ0) is 17.3. The lowest BCUT2D eigenvalue weighted by Gasteiger charge is -2.14. The largest absolute Gasteiger partial charge is 0.369 e. The van der Waals surface area contributed by atoms with E-state index in [-0.39, 0.29) is 12.3 Å². The Morgan fingerprint density at radius 2 is 1.62 bits per heavy atom. The fourth-order valence-corrected chi connectivity index (χ4v) is 3.29. The van der Waals surface area contributed by atoms with Gasteiger partial charge in [0.25, 0.3) is 0 Å². The Morgan fingerprint density at radius 1 is 0.875 bits per heavy atom. The fraction of sp³-hybridized carbons (Fsp3) is 0.227. The van der Waals surface area contributed by atoms with Gasteiger partial charge in [0.05, 0.1) is 6.42 Å². The second kappa shape index (κ2) is 6.48. The minimum absolute atomic E-state index is 0.281. The third-order valence-corrected chi connectivity index (χ3v) is 4.82. The summed E-state index contributed by atoms with van der Waals surface area (Å²) in [5.41, 5.74) is 12.9. The highest BCUT2D eigenvalue weighted by Gasteiger charge is 2.10. The Hall–Kier alpha value is -2.61. The summed E-state index contributed by atoms with van der Waals surface area (Å²) in [5.74, 6) is -0.292. The molecule has 0 saturated carbocycles. The van der Waals surface area contributed by atoms with E-state index in [4.69, 9.17) is 5.73 Å². The highest BCUT2D eigenvalue weighted by Crippen LogP contribution is 2.27. The van der Waals surface area contributed by atoms with Crippen molar-refractivity contribution in [2.45, 2.75) is 33.6 Å². The van der Waals surface area contributed by atoms with E-state index in [0.29, 0.717) is 0 Å². The molecule has 0 aliphatic heterocycles. The van der Waals surface area contributed by atoms with Crippen molar-refractivity contribution in [2.75, 3.05) is 0 Å². The van der Waals surface area contributed by atoms with Crippen LogP contribution in [-0.4, -0.2) is 5.91 Å². The number of amides is 1. The van der Waals surface area contributed by atoms with Crippen molar-refractivity contribution in [3.05, 3.63) is 81.9 Å². The Balaban J connectivity index is 2.12. The van der Waals surface area contributed by atoms with E-state index in [0.717, 1.165) is 17.4 Å². The molecule has 3 rings (SSSR count). The fourth-order valence-electron chi connectivity index (χ4n) is 3.29. The smallest absolute Gasteiger partial charge is 0.221 e. The van der Waals surface area contributed by atoms with E-state index < -0.39 is 0 Å². The number of benzene rings is 3. The Morgan fingerprint density at radius 3 is 2.38 bits per heavy atom. The SMILES string of the molecule is Cc1ccc2c(Cc3cccc(C)c3C)ccc(CC(N)=O)c2c1. The van der Waals surface area contributed by atoms with Crippen molar-refractivity contribution in [3.8, 4) is 0 Å². The Bertz CT molecular complexity index is 925. The van der Waals surface area contributed by atoms with Crippen LogP contribution in [0.1, 0.15) is 33.4 Å². The molecule has 2 N–H and O–H groups in total. The molecule has 1 amide bonds. The summed E-state index contributed by atoms with van der Waals surface area (Å²) in [6, 6.07) is 17.1. The number of rotatable bonds is 4. The van der Waals surface area contributed by atoms with E-state index in [2.05, 4.69) is 63.2 Å². The van der Waals surface area contributed by atoms with Gasteiger partial charge in [-0.15, -0.1) is 0 Å². The van der Waals surface area contributed by atoms with Crippen molar-refractivity contribution < 1.29 is 4.79 Å². The number of carbonyl (C=O) groups excluding carboxylic acids is 1. The molecule has 2 nitrogen and oxygen atoms in total. The van der Waals surface area contributed by atoms with Crippen LogP contribution in [0.15, 0.2) is 48.5 Å². The van der Waals surface area contributed by atoms with Crippen molar-refractivity contribution >= 4 is 16.7 Å². The quantitative estimate of drug-likeness (QED) is 0.762. The van der Waals surface area contributed by atoms with Gasteiger partial charge in [-0.2, -0.15) is 0 Å². The third kappa shape index (κ3) is 3.18. The maximum atomic E-state index is 11.4. The van der Waals surface area contributed by atoms with Gasteiger partial charge in [0, 0.05) is 0 Å².